The number of aromatic nitrogens is 8. The molecule has 0 amide bonds. The lowest BCUT2D eigenvalue weighted by atomic mass is 10.1. The Balaban J connectivity index is 1.15. The van der Waals surface area contributed by atoms with Gasteiger partial charge in [0.05, 0.1) is 36.4 Å². The first-order valence-corrected chi connectivity index (χ1v) is 16.2. The number of hydrogen-bond donors (Lipinski definition) is 6. The quantitative estimate of drug-likeness (QED) is 0.120. The largest absolute Gasteiger partial charge is 0.395 e. The van der Waals surface area contributed by atoms with Crippen LogP contribution in [0.5, 0.6) is 0 Å². The molecule has 43 heavy (non-hydrogen) atoms. The number of thioether (sulfide) groups is 1. The van der Waals surface area contributed by atoms with E-state index in [1.807, 2.05) is 0 Å². The first kappa shape index (κ1) is 30.2. The first-order valence-electron chi connectivity index (χ1n) is 12.6. The van der Waals surface area contributed by atoms with Crippen molar-refractivity contribution in [1.29, 1.82) is 0 Å². The molecule has 8 N–H and O–H groups in total. The zero-order valence-corrected chi connectivity index (χ0v) is 24.3. The molecule has 22 heteroatoms. The fraction of sp³-hybridized carbons (Fsp3) is 0.524. The molecule has 232 valence electrons. The zero-order chi connectivity index (χ0) is 30.6. The smallest absolute Gasteiger partial charge is 0.325 e. The Morgan fingerprint density at radius 1 is 1.14 bits per heavy atom. The number of rotatable bonds is 9. The van der Waals surface area contributed by atoms with Gasteiger partial charge in [0.15, 0.2) is 35.0 Å². The first-order chi connectivity index (χ1) is 20.5. The molecule has 0 bridgehead atoms. The number of hydrogen-bond acceptors (Lipinski definition) is 15. The molecule has 0 radical (unpaired) electrons. The van der Waals surface area contributed by atoms with Crippen molar-refractivity contribution in [3.05, 3.63) is 29.3 Å². The van der Waals surface area contributed by atoms with Crippen LogP contribution in [0.2, 0.25) is 0 Å². The average molecular weight is 663 g/mol. The normalized spacial score (nSPS) is 30.8. The van der Waals surface area contributed by atoms with Crippen LogP contribution in [-0.2, 0) is 32.1 Å². The van der Waals surface area contributed by atoms with Gasteiger partial charge >= 0.3 is 6.72 Å². The highest BCUT2D eigenvalue weighted by molar-refractivity contribution is 8.07. The Hall–Kier alpha value is -2.88. The van der Waals surface area contributed by atoms with Crippen molar-refractivity contribution < 1.29 is 37.7 Å². The Morgan fingerprint density at radius 3 is 2.67 bits per heavy atom. The number of ether oxygens (including phenoxy) is 1. The summed E-state index contributed by atoms with van der Waals surface area (Å²) in [7, 11) is 0. The minimum absolute atomic E-state index is 0.00340. The lowest BCUT2D eigenvalue weighted by molar-refractivity contribution is -0.0458. The van der Waals surface area contributed by atoms with E-state index in [4.69, 9.17) is 37.1 Å². The van der Waals surface area contributed by atoms with Crippen LogP contribution in [0, 0.1) is 0 Å². The number of alkyl halides is 2. The summed E-state index contributed by atoms with van der Waals surface area (Å²) in [5, 5.41) is 18.5. The van der Waals surface area contributed by atoms with Crippen LogP contribution in [-0.4, -0.2) is 109 Å². The summed E-state index contributed by atoms with van der Waals surface area (Å²) >= 11 is 6.17. The molecule has 9 atom stereocenters. The highest BCUT2D eigenvalue weighted by Gasteiger charge is 2.49. The van der Waals surface area contributed by atoms with Crippen LogP contribution in [0.1, 0.15) is 6.23 Å². The highest BCUT2D eigenvalue weighted by atomic mass is 32.5. The summed E-state index contributed by atoms with van der Waals surface area (Å²) in [5.74, 6) is -0.0707. The predicted molar refractivity (Wildman–Crippen MR) is 152 cm³/mol. The third kappa shape index (κ3) is 5.60. The number of fused-ring (bicyclic) bond motifs is 2. The van der Waals surface area contributed by atoms with Gasteiger partial charge in [-0.2, -0.15) is 4.98 Å². The summed E-state index contributed by atoms with van der Waals surface area (Å²) in [6.07, 6.45) is -5.72. The molecule has 2 aliphatic heterocycles. The van der Waals surface area contributed by atoms with Crippen molar-refractivity contribution in [2.45, 2.75) is 53.9 Å². The fourth-order valence-electron chi connectivity index (χ4n) is 4.98. The molecule has 2 fully saturated rings. The lowest BCUT2D eigenvalue weighted by Gasteiger charge is -2.26. The van der Waals surface area contributed by atoms with Gasteiger partial charge in [-0.15, -0.1) is 11.8 Å². The van der Waals surface area contributed by atoms with Crippen molar-refractivity contribution in [1.82, 2.24) is 39.0 Å². The second-order valence-electron chi connectivity index (χ2n) is 9.78. The number of anilines is 2. The molecule has 0 aromatic carbocycles. The van der Waals surface area contributed by atoms with Crippen LogP contribution in [0.15, 0.2) is 23.8 Å². The minimum atomic E-state index is -4.22. The van der Waals surface area contributed by atoms with Crippen molar-refractivity contribution in [2.75, 3.05) is 24.7 Å². The number of aromatic amines is 1. The van der Waals surface area contributed by atoms with Gasteiger partial charge < -0.3 is 44.9 Å². The predicted octanol–water partition coefficient (Wildman–Crippen LogP) is -0.847. The van der Waals surface area contributed by atoms with Gasteiger partial charge in [0.1, 0.15) is 36.3 Å². The van der Waals surface area contributed by atoms with Gasteiger partial charge in [0.25, 0.3) is 5.56 Å². The van der Waals surface area contributed by atoms with E-state index in [0.717, 1.165) is 11.8 Å². The molecule has 6 heterocycles. The zero-order valence-electron chi connectivity index (χ0n) is 21.8. The number of imidazole rings is 2. The van der Waals surface area contributed by atoms with E-state index in [9.17, 15) is 19.9 Å². The number of nitrogens with one attached hydrogen (secondary N) is 1. The maximum atomic E-state index is 15.4. The molecule has 1 unspecified atom stereocenters. The van der Waals surface area contributed by atoms with Gasteiger partial charge in [-0.1, -0.05) is 0 Å². The van der Waals surface area contributed by atoms with Crippen molar-refractivity contribution in [2.24, 2.45) is 0 Å². The van der Waals surface area contributed by atoms with E-state index in [-0.39, 0.29) is 40.6 Å². The standard InChI is InChI=1S/C21H25F2N10O7PS2/c22-10-9(2-34)43-8(1-32-5-28-13-18(32)30-21(25)31-19(13)36)15(10)40-41(37,42)38-3-7-14(35)11(23)20(39-7)33-6-29-12-16(24)26-4-27-17(12)33/h4-11,14-15,20,34-35H,1-3H2,(H,37,42)(H2,24,26,27)(H3,25,30,31,36)/t7-,8+,9-,10-,11+,14-,15+,20-,41?/m1/s1. The second kappa shape index (κ2) is 11.6. The van der Waals surface area contributed by atoms with E-state index in [1.54, 1.807) is 0 Å². The number of H-pyrrole nitrogens is 1. The maximum absolute atomic E-state index is 15.4. The molecule has 4 aromatic rings. The molecule has 17 nitrogen and oxygen atoms in total. The van der Waals surface area contributed by atoms with Crippen LogP contribution in [0.4, 0.5) is 20.5 Å². The minimum Gasteiger partial charge on any atom is -0.395 e. The van der Waals surface area contributed by atoms with Crippen LogP contribution >= 0.6 is 18.5 Å². The Bertz CT molecular complexity index is 1760. The SMILES string of the molecule is Nc1nc2c(ncn2C[C@@H]2S[C@H](CO)[C@@H](F)[C@H]2OP(O)(=S)OC[C@H]2O[C@@H](n3cnc4c(N)ncnc43)[C@@H](F)[C@@H]2O)c(=O)[nH]1. The van der Waals surface area contributed by atoms with Gasteiger partial charge in [0.2, 0.25) is 5.95 Å². The van der Waals surface area contributed by atoms with Crippen molar-refractivity contribution in [3.8, 4) is 0 Å². The van der Waals surface area contributed by atoms with Crippen LogP contribution in [0.25, 0.3) is 22.3 Å². The molecule has 4 aromatic heterocycles. The topological polar surface area (TPSA) is 248 Å². The number of aliphatic hydroxyl groups is 2. The average Bonchev–Trinajstić information content (AvgIpc) is 3.71. The Labute approximate surface area is 248 Å². The summed E-state index contributed by atoms with van der Waals surface area (Å²) in [5.41, 5.74) is 11.4. The molecule has 0 saturated carbocycles. The molecule has 0 spiro atoms. The molecular formula is C21H25F2N10O7PS2. The van der Waals surface area contributed by atoms with Gasteiger partial charge in [0, 0.05) is 6.54 Å². The number of nitrogens with zero attached hydrogens (tertiary/aromatic N) is 7. The number of nitrogens with two attached hydrogens (primary N) is 2. The summed E-state index contributed by atoms with van der Waals surface area (Å²) < 4.78 is 49.8. The van der Waals surface area contributed by atoms with E-state index in [2.05, 4.69) is 29.9 Å². The lowest BCUT2D eigenvalue weighted by Crippen LogP contribution is -2.35. The summed E-state index contributed by atoms with van der Waals surface area (Å²) in [6.45, 7) is -5.35. The number of nitrogen functional groups attached to an aromatic ring is 2. The highest BCUT2D eigenvalue weighted by Crippen LogP contribution is 2.51. The van der Waals surface area contributed by atoms with Crippen LogP contribution in [0.3, 0.4) is 0 Å². The molecule has 2 aliphatic rings. The van der Waals surface area contributed by atoms with E-state index in [1.165, 1.54) is 28.1 Å². The summed E-state index contributed by atoms with van der Waals surface area (Å²) in [6, 6.07) is 0. The molecule has 0 aliphatic carbocycles. The van der Waals surface area contributed by atoms with Gasteiger partial charge in [-0.25, -0.2) is 28.7 Å². The second-order valence-corrected chi connectivity index (χ2v) is 14.1. The third-order valence-electron chi connectivity index (χ3n) is 7.05. The molecule has 2 saturated heterocycles. The Kier molecular flexibility index (Phi) is 8.11. The third-order valence-corrected chi connectivity index (χ3v) is 10.1. The fourth-order valence-corrected chi connectivity index (χ4v) is 7.96. The number of halogens is 2. The Morgan fingerprint density at radius 2 is 1.91 bits per heavy atom. The van der Waals surface area contributed by atoms with E-state index in [0.29, 0.717) is 0 Å². The van der Waals surface area contributed by atoms with Crippen LogP contribution < -0.4 is 17.0 Å². The summed E-state index contributed by atoms with van der Waals surface area (Å²) in [4.78, 5) is 45.4. The van der Waals surface area contributed by atoms with E-state index < -0.39 is 72.9 Å². The van der Waals surface area contributed by atoms with Gasteiger partial charge in [-0.3, -0.25) is 14.3 Å². The van der Waals surface area contributed by atoms with Crippen molar-refractivity contribution >= 4 is 64.4 Å². The van der Waals surface area contributed by atoms with E-state index >= 15 is 8.78 Å². The monoisotopic (exact) mass is 662 g/mol. The molecular weight excluding hydrogens is 637 g/mol. The van der Waals surface area contributed by atoms with Crippen molar-refractivity contribution in [3.63, 3.8) is 0 Å². The molecule has 6 rings (SSSR count). The van der Waals surface area contributed by atoms with Gasteiger partial charge in [-0.05, 0) is 11.8 Å². The maximum Gasteiger partial charge on any atom is 0.325 e. The number of aliphatic hydroxyl groups excluding tert-OH is 2.